The maximum absolute atomic E-state index is 11.0. The Kier molecular flexibility index (Phi) is 4.66. The lowest BCUT2D eigenvalue weighted by Crippen LogP contribution is -2.23. The van der Waals surface area contributed by atoms with Crippen LogP contribution in [0.3, 0.4) is 0 Å². The third kappa shape index (κ3) is 3.20. The first-order valence-electron chi connectivity index (χ1n) is 5.22. The number of nitrogen functional groups attached to an aromatic ring is 1. The molecular formula is C12H14N2O4. The van der Waals surface area contributed by atoms with Gasteiger partial charge in [0.1, 0.15) is 6.10 Å². The summed E-state index contributed by atoms with van der Waals surface area (Å²) < 4.78 is 4.39. The van der Waals surface area contributed by atoms with Gasteiger partial charge < -0.3 is 20.7 Å². The molecule has 96 valence electrons. The van der Waals surface area contributed by atoms with E-state index in [4.69, 9.17) is 11.0 Å². The summed E-state index contributed by atoms with van der Waals surface area (Å²) in [7, 11) is 1.19. The van der Waals surface area contributed by atoms with Crippen LogP contribution < -0.4 is 5.73 Å². The molecule has 0 aliphatic carbocycles. The average molecular weight is 250 g/mol. The van der Waals surface area contributed by atoms with Crippen LogP contribution in [0.5, 0.6) is 0 Å². The van der Waals surface area contributed by atoms with Gasteiger partial charge in [-0.25, -0.2) is 0 Å². The van der Waals surface area contributed by atoms with Crippen LogP contribution in [0.15, 0.2) is 18.2 Å². The topological polar surface area (TPSA) is 117 Å². The van der Waals surface area contributed by atoms with Crippen molar-refractivity contribution in [1.82, 2.24) is 0 Å². The molecule has 0 bridgehead atoms. The minimum atomic E-state index is -1.35. The molecule has 0 heterocycles. The summed E-state index contributed by atoms with van der Waals surface area (Å²) in [5, 5.41) is 28.5. The van der Waals surface area contributed by atoms with Crippen molar-refractivity contribution < 1.29 is 19.7 Å². The molecule has 0 radical (unpaired) electrons. The van der Waals surface area contributed by atoms with Gasteiger partial charge in [0.2, 0.25) is 0 Å². The molecule has 1 rings (SSSR count). The van der Waals surface area contributed by atoms with E-state index in [0.29, 0.717) is 5.69 Å². The molecule has 1 aromatic carbocycles. The first-order chi connectivity index (χ1) is 8.49. The number of aliphatic hydroxyl groups excluding tert-OH is 2. The fraction of sp³-hybridized carbons (Fsp3) is 0.333. The van der Waals surface area contributed by atoms with Crippen LogP contribution in [-0.4, -0.2) is 29.4 Å². The Hall–Kier alpha value is -2.10. The van der Waals surface area contributed by atoms with Gasteiger partial charge in [-0.15, -0.1) is 0 Å². The Labute approximate surface area is 104 Å². The van der Waals surface area contributed by atoms with E-state index in [9.17, 15) is 15.0 Å². The van der Waals surface area contributed by atoms with Crippen LogP contribution in [0.1, 0.15) is 23.7 Å². The number of aliphatic hydroxyl groups is 2. The number of esters is 1. The predicted molar refractivity (Wildman–Crippen MR) is 63.2 cm³/mol. The molecule has 4 N–H and O–H groups in total. The number of carbonyl (C=O) groups excluding carboxylic acids is 1. The first kappa shape index (κ1) is 14.0. The molecule has 0 fully saturated rings. The largest absolute Gasteiger partial charge is 0.469 e. The molecule has 0 aliphatic rings. The van der Waals surface area contributed by atoms with Gasteiger partial charge in [-0.3, -0.25) is 4.79 Å². The number of nitrogens with two attached hydrogens (primary N) is 1. The van der Waals surface area contributed by atoms with Gasteiger partial charge in [0.25, 0.3) is 0 Å². The number of methoxy groups -OCH3 is 1. The van der Waals surface area contributed by atoms with Crippen LogP contribution in [0.4, 0.5) is 5.69 Å². The summed E-state index contributed by atoms with van der Waals surface area (Å²) in [6, 6.07) is 6.21. The smallest absolute Gasteiger partial charge is 0.308 e. The van der Waals surface area contributed by atoms with E-state index < -0.39 is 18.2 Å². The molecule has 6 nitrogen and oxygen atoms in total. The van der Waals surface area contributed by atoms with Crippen molar-refractivity contribution in [3.8, 4) is 6.07 Å². The van der Waals surface area contributed by atoms with Gasteiger partial charge in [0.05, 0.1) is 31.3 Å². The molecular weight excluding hydrogens is 236 g/mol. The van der Waals surface area contributed by atoms with Gasteiger partial charge in [-0.05, 0) is 12.1 Å². The van der Waals surface area contributed by atoms with Crippen LogP contribution in [0, 0.1) is 11.3 Å². The molecule has 18 heavy (non-hydrogen) atoms. The second kappa shape index (κ2) is 6.00. The van der Waals surface area contributed by atoms with Crippen molar-refractivity contribution in [1.29, 1.82) is 5.26 Å². The highest BCUT2D eigenvalue weighted by molar-refractivity contribution is 5.69. The maximum atomic E-state index is 11.0. The van der Waals surface area contributed by atoms with Crippen molar-refractivity contribution >= 4 is 11.7 Å². The number of rotatable bonds is 4. The fourth-order valence-electron chi connectivity index (χ4n) is 1.50. The summed E-state index contributed by atoms with van der Waals surface area (Å²) in [4.78, 5) is 11.0. The lowest BCUT2D eigenvalue weighted by atomic mass is 9.97. The van der Waals surface area contributed by atoms with Crippen molar-refractivity contribution in [2.24, 2.45) is 0 Å². The summed E-state index contributed by atoms with van der Waals surface area (Å²) >= 11 is 0. The fourth-order valence-corrected chi connectivity index (χ4v) is 1.50. The highest BCUT2D eigenvalue weighted by Crippen LogP contribution is 2.24. The maximum Gasteiger partial charge on any atom is 0.308 e. The first-order valence-corrected chi connectivity index (χ1v) is 5.22. The Morgan fingerprint density at radius 2 is 2.22 bits per heavy atom. The molecule has 0 aromatic heterocycles. The van der Waals surface area contributed by atoms with Crippen LogP contribution in [0.25, 0.3) is 0 Å². The van der Waals surface area contributed by atoms with Crippen LogP contribution >= 0.6 is 0 Å². The minimum absolute atomic E-state index is 0.159. The molecule has 0 amide bonds. The van der Waals surface area contributed by atoms with E-state index in [1.165, 1.54) is 25.3 Å². The van der Waals surface area contributed by atoms with Crippen LogP contribution in [-0.2, 0) is 9.53 Å². The molecule has 0 saturated heterocycles. The van der Waals surface area contributed by atoms with Crippen molar-refractivity contribution in [2.75, 3.05) is 12.8 Å². The standard InChI is InChI=1S/C12H14N2O4/c1-18-11(16)5-10(15)12(17)9-3-2-8(14)4-7(9)6-13/h2-4,10,12,15,17H,5,14H2,1H3. The van der Waals surface area contributed by atoms with Gasteiger partial charge >= 0.3 is 5.97 Å². The zero-order valence-electron chi connectivity index (χ0n) is 9.83. The third-order valence-corrected chi connectivity index (χ3v) is 2.48. The number of ether oxygens (including phenoxy) is 1. The Morgan fingerprint density at radius 3 is 2.78 bits per heavy atom. The van der Waals surface area contributed by atoms with Gasteiger partial charge in [0, 0.05) is 11.3 Å². The monoisotopic (exact) mass is 250 g/mol. The highest BCUT2D eigenvalue weighted by Gasteiger charge is 2.24. The predicted octanol–water partition coefficient (Wildman–Crippen LogP) is 0.0979. The van der Waals surface area contributed by atoms with Crippen molar-refractivity contribution in [2.45, 2.75) is 18.6 Å². The quantitative estimate of drug-likeness (QED) is 0.515. The number of nitriles is 1. The van der Waals surface area contributed by atoms with Gasteiger partial charge in [0.15, 0.2) is 0 Å². The third-order valence-electron chi connectivity index (χ3n) is 2.48. The number of hydrogen-bond acceptors (Lipinski definition) is 6. The Balaban J connectivity index is 2.93. The molecule has 0 aliphatic heterocycles. The van der Waals surface area contributed by atoms with E-state index in [0.717, 1.165) is 0 Å². The molecule has 0 spiro atoms. The Bertz CT molecular complexity index is 481. The normalized spacial score (nSPS) is 13.4. The summed E-state index contributed by atoms with van der Waals surface area (Å²) in [5.41, 5.74) is 6.28. The van der Waals surface area contributed by atoms with E-state index in [1.54, 1.807) is 0 Å². The van der Waals surface area contributed by atoms with Crippen LogP contribution in [0.2, 0.25) is 0 Å². The lowest BCUT2D eigenvalue weighted by Gasteiger charge is -2.18. The van der Waals surface area contributed by atoms with Crippen molar-refractivity contribution in [3.63, 3.8) is 0 Å². The number of benzene rings is 1. The number of anilines is 1. The molecule has 2 unspecified atom stereocenters. The van der Waals surface area contributed by atoms with E-state index in [2.05, 4.69) is 4.74 Å². The lowest BCUT2D eigenvalue weighted by molar-refractivity contribution is -0.144. The van der Waals surface area contributed by atoms with Gasteiger partial charge in [-0.2, -0.15) is 5.26 Å². The van der Waals surface area contributed by atoms with Crippen molar-refractivity contribution in [3.05, 3.63) is 29.3 Å². The molecule has 6 heteroatoms. The number of nitrogens with zero attached hydrogens (tertiary/aromatic N) is 1. The number of carbonyl (C=O) groups is 1. The van der Waals surface area contributed by atoms with Gasteiger partial charge in [-0.1, -0.05) is 6.07 Å². The second-order valence-corrected chi connectivity index (χ2v) is 3.75. The summed E-state index contributed by atoms with van der Waals surface area (Å²) in [6.45, 7) is 0. The highest BCUT2D eigenvalue weighted by atomic mass is 16.5. The number of hydrogen-bond donors (Lipinski definition) is 3. The Morgan fingerprint density at radius 1 is 1.56 bits per heavy atom. The minimum Gasteiger partial charge on any atom is -0.469 e. The van der Waals surface area contributed by atoms with E-state index in [-0.39, 0.29) is 17.5 Å². The molecule has 2 atom stereocenters. The summed E-state index contributed by atoms with van der Waals surface area (Å²) in [5.74, 6) is -0.643. The molecule has 0 saturated carbocycles. The van der Waals surface area contributed by atoms with E-state index in [1.807, 2.05) is 6.07 Å². The average Bonchev–Trinajstić information content (AvgIpc) is 2.37. The second-order valence-electron chi connectivity index (χ2n) is 3.75. The SMILES string of the molecule is COC(=O)CC(O)C(O)c1ccc(N)cc1C#N. The van der Waals surface area contributed by atoms with E-state index >= 15 is 0 Å². The zero-order valence-corrected chi connectivity index (χ0v) is 9.83. The molecule has 1 aromatic rings. The summed E-state index contributed by atoms with van der Waals surface area (Å²) in [6.07, 6.45) is -3.04. The zero-order chi connectivity index (χ0) is 13.7.